The average Bonchev–Trinajstić information content (AvgIpc) is 2.36. The summed E-state index contributed by atoms with van der Waals surface area (Å²) in [6.45, 7) is 9.16. The van der Waals surface area contributed by atoms with Crippen LogP contribution in [-0.4, -0.2) is 24.7 Å². The minimum atomic E-state index is -0.335. The van der Waals surface area contributed by atoms with E-state index in [1.54, 1.807) is 0 Å². The van der Waals surface area contributed by atoms with Crippen molar-refractivity contribution in [2.24, 2.45) is 11.5 Å². The number of rotatable bonds is 9. The van der Waals surface area contributed by atoms with Crippen LogP contribution < -0.4 is 11.5 Å². The molecule has 0 radical (unpaired) electrons. The van der Waals surface area contributed by atoms with Gasteiger partial charge in [-0.25, -0.2) is 0 Å². The lowest BCUT2D eigenvalue weighted by Crippen LogP contribution is -2.23. The monoisotopic (exact) mass is 288 g/mol. The fraction of sp³-hybridized carbons (Fsp3) is 0.938. The molecule has 0 aromatic heterocycles. The van der Waals surface area contributed by atoms with Crippen LogP contribution in [0, 0.1) is 0 Å². The number of nitrogens with two attached hydrogens (primary N) is 2. The number of esters is 1. The van der Waals surface area contributed by atoms with E-state index in [2.05, 4.69) is 6.92 Å². The molecule has 0 aliphatic rings. The van der Waals surface area contributed by atoms with Crippen molar-refractivity contribution in [1.82, 2.24) is 0 Å². The van der Waals surface area contributed by atoms with Gasteiger partial charge < -0.3 is 16.2 Å². The van der Waals surface area contributed by atoms with Crippen LogP contribution in [0.2, 0.25) is 0 Å². The fourth-order valence-corrected chi connectivity index (χ4v) is 1.62. The second kappa shape index (κ2) is 14.8. The summed E-state index contributed by atoms with van der Waals surface area (Å²) in [6, 6.07) is 0. The zero-order valence-electron chi connectivity index (χ0n) is 14.0. The number of ether oxygens (including phenoxy) is 1. The molecule has 0 fully saturated rings. The molecule has 0 aliphatic carbocycles. The van der Waals surface area contributed by atoms with Gasteiger partial charge in [0.2, 0.25) is 0 Å². The van der Waals surface area contributed by atoms with E-state index < -0.39 is 0 Å². The maximum Gasteiger partial charge on any atom is 0.306 e. The molecule has 0 bridgehead atoms. The van der Waals surface area contributed by atoms with Crippen molar-refractivity contribution in [3.8, 4) is 0 Å². The molecular weight excluding hydrogens is 252 g/mol. The van der Waals surface area contributed by atoms with Crippen LogP contribution in [0.15, 0.2) is 0 Å². The second-order valence-corrected chi connectivity index (χ2v) is 6.04. The Labute approximate surface area is 125 Å². The first-order valence-electron chi connectivity index (χ1n) is 7.99. The van der Waals surface area contributed by atoms with Crippen LogP contribution in [0.5, 0.6) is 0 Å². The van der Waals surface area contributed by atoms with Crippen LogP contribution in [0.1, 0.15) is 79.1 Å². The largest absolute Gasteiger partial charge is 0.460 e. The number of unbranched alkanes of at least 4 members (excludes halogenated alkanes) is 6. The molecule has 0 saturated heterocycles. The summed E-state index contributed by atoms with van der Waals surface area (Å²) in [5.74, 6) is -0.0546. The molecule has 122 valence electrons. The Balaban J connectivity index is 0. The van der Waals surface area contributed by atoms with Crippen LogP contribution in [-0.2, 0) is 9.53 Å². The van der Waals surface area contributed by atoms with Gasteiger partial charge in [0, 0.05) is 19.5 Å². The molecule has 4 nitrogen and oxygen atoms in total. The maximum absolute atomic E-state index is 11.4. The lowest BCUT2D eigenvalue weighted by molar-refractivity contribution is -0.154. The third kappa shape index (κ3) is 22.6. The Morgan fingerprint density at radius 2 is 1.35 bits per heavy atom. The molecule has 4 heteroatoms. The molecule has 4 N–H and O–H groups in total. The maximum atomic E-state index is 11.4. The van der Waals surface area contributed by atoms with E-state index in [-0.39, 0.29) is 11.6 Å². The quantitative estimate of drug-likeness (QED) is 0.503. The second-order valence-electron chi connectivity index (χ2n) is 6.04. The molecular formula is C16H36N2O2. The van der Waals surface area contributed by atoms with Crippen molar-refractivity contribution < 1.29 is 9.53 Å². The van der Waals surface area contributed by atoms with Crippen molar-refractivity contribution in [3.05, 3.63) is 0 Å². The minimum Gasteiger partial charge on any atom is -0.460 e. The summed E-state index contributed by atoms with van der Waals surface area (Å²) >= 11 is 0. The number of hydrogen-bond donors (Lipinski definition) is 2. The van der Waals surface area contributed by atoms with E-state index in [0.29, 0.717) is 19.5 Å². The zero-order chi connectivity index (χ0) is 15.9. The third-order valence-electron chi connectivity index (χ3n) is 2.57. The van der Waals surface area contributed by atoms with E-state index >= 15 is 0 Å². The van der Waals surface area contributed by atoms with Gasteiger partial charge in [-0.3, -0.25) is 4.79 Å². The number of carbonyl (C=O) groups excluding carboxylic acids is 1. The molecule has 0 aliphatic heterocycles. The lowest BCUT2D eigenvalue weighted by Gasteiger charge is -2.19. The van der Waals surface area contributed by atoms with Crippen LogP contribution >= 0.6 is 0 Å². The third-order valence-corrected chi connectivity index (χ3v) is 2.57. The molecule has 0 rings (SSSR count). The highest BCUT2D eigenvalue weighted by atomic mass is 16.6. The molecule has 0 amide bonds. The lowest BCUT2D eigenvalue weighted by atomic mass is 10.1. The Morgan fingerprint density at radius 1 is 0.900 bits per heavy atom. The Hall–Kier alpha value is -0.610. The van der Waals surface area contributed by atoms with Gasteiger partial charge in [-0.05, 0) is 27.2 Å². The standard InChI is InChI=1S/C14H28O2.C2H8N2/c1-5-6-7-8-9-10-11-12-13(15)16-14(2,3)4;3-1-2-4/h5-12H2,1-4H3;1-4H2. The summed E-state index contributed by atoms with van der Waals surface area (Å²) in [6.07, 6.45) is 9.23. The molecule has 0 aromatic carbocycles. The fourth-order valence-electron chi connectivity index (χ4n) is 1.62. The SMILES string of the molecule is CCCCCCCCCC(=O)OC(C)(C)C.NCCN. The van der Waals surface area contributed by atoms with E-state index in [1.165, 1.54) is 32.1 Å². The summed E-state index contributed by atoms with van der Waals surface area (Å²) in [5, 5.41) is 0. The van der Waals surface area contributed by atoms with Gasteiger partial charge in [0.15, 0.2) is 0 Å². The van der Waals surface area contributed by atoms with Gasteiger partial charge in [0.25, 0.3) is 0 Å². The molecule has 0 saturated carbocycles. The molecule has 0 spiro atoms. The summed E-state index contributed by atoms with van der Waals surface area (Å²) in [4.78, 5) is 11.4. The van der Waals surface area contributed by atoms with Gasteiger partial charge in [0.1, 0.15) is 5.60 Å². The first-order chi connectivity index (χ1) is 9.37. The van der Waals surface area contributed by atoms with Crippen LogP contribution in [0.3, 0.4) is 0 Å². The topological polar surface area (TPSA) is 78.3 Å². The van der Waals surface area contributed by atoms with Gasteiger partial charge in [0.05, 0.1) is 0 Å². The Bertz CT molecular complexity index is 211. The van der Waals surface area contributed by atoms with E-state index in [0.717, 1.165) is 12.8 Å². The van der Waals surface area contributed by atoms with Crippen molar-refractivity contribution in [2.75, 3.05) is 13.1 Å². The predicted molar refractivity (Wildman–Crippen MR) is 86.6 cm³/mol. The van der Waals surface area contributed by atoms with Gasteiger partial charge in [-0.1, -0.05) is 45.4 Å². The Kier molecular flexibility index (Phi) is 16.0. The normalized spacial score (nSPS) is 10.7. The summed E-state index contributed by atoms with van der Waals surface area (Å²) in [5.41, 5.74) is 9.47. The molecule has 0 atom stereocenters. The van der Waals surface area contributed by atoms with Crippen molar-refractivity contribution >= 4 is 5.97 Å². The summed E-state index contributed by atoms with van der Waals surface area (Å²) < 4.78 is 5.24. The van der Waals surface area contributed by atoms with Gasteiger partial charge in [-0.15, -0.1) is 0 Å². The molecule has 20 heavy (non-hydrogen) atoms. The minimum absolute atomic E-state index is 0.0546. The highest BCUT2D eigenvalue weighted by molar-refractivity contribution is 5.69. The van der Waals surface area contributed by atoms with Crippen molar-refractivity contribution in [2.45, 2.75) is 84.7 Å². The van der Waals surface area contributed by atoms with Gasteiger partial charge in [-0.2, -0.15) is 0 Å². The molecule has 0 aromatic rings. The first-order valence-corrected chi connectivity index (χ1v) is 7.99. The van der Waals surface area contributed by atoms with E-state index in [4.69, 9.17) is 16.2 Å². The number of carbonyl (C=O) groups is 1. The molecule has 0 unspecified atom stereocenters. The summed E-state index contributed by atoms with van der Waals surface area (Å²) in [7, 11) is 0. The predicted octanol–water partition coefficient (Wildman–Crippen LogP) is 3.37. The average molecular weight is 288 g/mol. The smallest absolute Gasteiger partial charge is 0.306 e. The van der Waals surface area contributed by atoms with Crippen molar-refractivity contribution in [1.29, 1.82) is 0 Å². The number of hydrogen-bond acceptors (Lipinski definition) is 4. The van der Waals surface area contributed by atoms with Crippen LogP contribution in [0.25, 0.3) is 0 Å². The highest BCUT2D eigenvalue weighted by Gasteiger charge is 2.15. The zero-order valence-corrected chi connectivity index (χ0v) is 14.0. The van der Waals surface area contributed by atoms with Gasteiger partial charge >= 0.3 is 5.97 Å². The molecule has 0 heterocycles. The van der Waals surface area contributed by atoms with Crippen LogP contribution in [0.4, 0.5) is 0 Å². The first kappa shape index (κ1) is 21.7. The van der Waals surface area contributed by atoms with E-state index in [9.17, 15) is 4.79 Å². The highest BCUT2D eigenvalue weighted by Crippen LogP contribution is 2.12. The Morgan fingerprint density at radius 3 is 1.75 bits per heavy atom. The van der Waals surface area contributed by atoms with Crippen molar-refractivity contribution in [3.63, 3.8) is 0 Å². The van der Waals surface area contributed by atoms with E-state index in [1.807, 2.05) is 20.8 Å².